The molecule has 0 fully saturated rings. The topological polar surface area (TPSA) is 74.7 Å². The molecule has 0 radical (unpaired) electrons. The molecule has 1 atom stereocenters. The number of halogens is 4. The van der Waals surface area contributed by atoms with E-state index in [-0.39, 0.29) is 16.1 Å². The van der Waals surface area contributed by atoms with Gasteiger partial charge in [-0.25, -0.2) is 21.6 Å². The molecule has 0 saturated heterocycles. The SMILES string of the molecule is CN(CC(=O)O)S(=O)(=O)Cc1ccc(C(F)C(F)F)cc1Cl. The lowest BCUT2D eigenvalue weighted by Gasteiger charge is -2.16. The Kier molecular flexibility index (Phi) is 6.21. The van der Waals surface area contributed by atoms with E-state index in [4.69, 9.17) is 16.7 Å². The van der Waals surface area contributed by atoms with Crippen molar-refractivity contribution >= 4 is 27.6 Å². The molecule has 1 aromatic rings. The summed E-state index contributed by atoms with van der Waals surface area (Å²) >= 11 is 5.78. The average Bonchev–Trinajstić information content (AvgIpc) is 2.39. The number of likely N-dealkylation sites (N-methyl/N-ethyl adjacent to an activating group) is 1. The highest BCUT2D eigenvalue weighted by atomic mass is 35.5. The van der Waals surface area contributed by atoms with Crippen LogP contribution in [0.1, 0.15) is 17.3 Å². The van der Waals surface area contributed by atoms with Crippen molar-refractivity contribution < 1.29 is 31.5 Å². The average molecular weight is 360 g/mol. The molecule has 0 amide bonds. The van der Waals surface area contributed by atoms with Crippen molar-refractivity contribution in [1.82, 2.24) is 4.31 Å². The number of nitrogens with zero attached hydrogens (tertiary/aromatic N) is 1. The minimum absolute atomic E-state index is 0.0594. The summed E-state index contributed by atoms with van der Waals surface area (Å²) < 4.78 is 62.2. The van der Waals surface area contributed by atoms with Gasteiger partial charge in [-0.1, -0.05) is 23.7 Å². The van der Waals surface area contributed by atoms with Gasteiger partial charge >= 0.3 is 5.97 Å². The van der Waals surface area contributed by atoms with Gasteiger partial charge in [0.25, 0.3) is 6.43 Å². The Bertz CT molecular complexity index is 654. The normalized spacial score (nSPS) is 13.6. The van der Waals surface area contributed by atoms with Crippen LogP contribution in [0.3, 0.4) is 0 Å². The lowest BCUT2D eigenvalue weighted by atomic mass is 10.1. The summed E-state index contributed by atoms with van der Waals surface area (Å²) in [6, 6.07) is 3.07. The van der Waals surface area contributed by atoms with E-state index in [1.807, 2.05) is 0 Å². The van der Waals surface area contributed by atoms with Crippen LogP contribution in [-0.2, 0) is 20.6 Å². The van der Waals surface area contributed by atoms with Crippen LogP contribution in [0, 0.1) is 0 Å². The van der Waals surface area contributed by atoms with E-state index in [2.05, 4.69) is 0 Å². The van der Waals surface area contributed by atoms with Crippen molar-refractivity contribution in [3.8, 4) is 0 Å². The van der Waals surface area contributed by atoms with Gasteiger partial charge in [-0.05, 0) is 17.2 Å². The highest BCUT2D eigenvalue weighted by Crippen LogP contribution is 2.29. The molecule has 0 spiro atoms. The fraction of sp³-hybridized carbons (Fsp3) is 0.417. The predicted octanol–water partition coefficient (Wildman–Crippen LogP) is 2.46. The molecule has 0 aromatic heterocycles. The summed E-state index contributed by atoms with van der Waals surface area (Å²) in [7, 11) is -2.87. The Morgan fingerprint density at radius 1 is 1.36 bits per heavy atom. The van der Waals surface area contributed by atoms with E-state index < -0.39 is 40.9 Å². The minimum atomic E-state index is -3.95. The first kappa shape index (κ1) is 18.7. The molecule has 1 aromatic carbocycles. The fourth-order valence-corrected chi connectivity index (χ4v) is 3.10. The van der Waals surface area contributed by atoms with Crippen LogP contribution in [0.2, 0.25) is 5.02 Å². The van der Waals surface area contributed by atoms with E-state index in [9.17, 15) is 26.4 Å². The molecule has 1 rings (SSSR count). The molecular weight excluding hydrogens is 347 g/mol. The maximum atomic E-state index is 13.2. The predicted molar refractivity (Wildman–Crippen MR) is 74.2 cm³/mol. The van der Waals surface area contributed by atoms with Crippen LogP contribution in [0.25, 0.3) is 0 Å². The molecule has 0 bridgehead atoms. The number of sulfonamides is 1. The Hall–Kier alpha value is -1.32. The lowest BCUT2D eigenvalue weighted by Crippen LogP contribution is -2.33. The highest BCUT2D eigenvalue weighted by Gasteiger charge is 2.25. The van der Waals surface area contributed by atoms with Gasteiger partial charge in [-0.3, -0.25) is 4.79 Å². The maximum Gasteiger partial charge on any atom is 0.318 e. The molecule has 22 heavy (non-hydrogen) atoms. The number of benzene rings is 1. The zero-order valence-corrected chi connectivity index (χ0v) is 12.9. The maximum absolute atomic E-state index is 13.2. The minimum Gasteiger partial charge on any atom is -0.480 e. The summed E-state index contributed by atoms with van der Waals surface area (Å²) in [6.07, 6.45) is -5.73. The number of carboxylic acid groups (broad SMARTS) is 1. The van der Waals surface area contributed by atoms with Crippen LogP contribution in [0.15, 0.2) is 18.2 Å². The summed E-state index contributed by atoms with van der Waals surface area (Å²) in [5.41, 5.74) is -0.302. The first-order chi connectivity index (χ1) is 10.0. The van der Waals surface area contributed by atoms with Crippen LogP contribution >= 0.6 is 11.6 Å². The number of hydrogen-bond acceptors (Lipinski definition) is 3. The third-order valence-corrected chi connectivity index (χ3v) is 4.89. The van der Waals surface area contributed by atoms with E-state index in [1.54, 1.807) is 0 Å². The van der Waals surface area contributed by atoms with Crippen molar-refractivity contribution in [3.63, 3.8) is 0 Å². The summed E-state index contributed by atoms with van der Waals surface area (Å²) in [5, 5.41) is 8.39. The smallest absolute Gasteiger partial charge is 0.318 e. The standard InChI is InChI=1S/C12H13ClF3NO4S/c1-17(5-10(18)19)22(20,21)6-8-3-2-7(4-9(8)13)11(14)12(15)16/h2-4,11-12H,5-6H2,1H3,(H,18,19). The summed E-state index contributed by atoms with van der Waals surface area (Å²) in [6.45, 7) is -0.726. The molecule has 5 nitrogen and oxygen atoms in total. The number of carbonyl (C=O) groups is 1. The largest absolute Gasteiger partial charge is 0.480 e. The van der Waals surface area contributed by atoms with E-state index in [0.29, 0.717) is 4.31 Å². The Morgan fingerprint density at radius 3 is 2.41 bits per heavy atom. The fourth-order valence-electron chi connectivity index (χ4n) is 1.59. The van der Waals surface area contributed by atoms with Crippen molar-refractivity contribution in [2.45, 2.75) is 18.3 Å². The number of aliphatic carboxylic acids is 1. The van der Waals surface area contributed by atoms with Crippen LogP contribution in [0.4, 0.5) is 13.2 Å². The van der Waals surface area contributed by atoms with E-state index in [1.165, 1.54) is 0 Å². The third kappa shape index (κ3) is 4.85. The first-order valence-electron chi connectivity index (χ1n) is 5.91. The van der Waals surface area contributed by atoms with Gasteiger partial charge in [-0.2, -0.15) is 4.31 Å². The van der Waals surface area contributed by atoms with Crippen LogP contribution in [0.5, 0.6) is 0 Å². The van der Waals surface area contributed by atoms with Gasteiger partial charge in [0.05, 0.1) is 5.75 Å². The molecule has 124 valence electrons. The van der Waals surface area contributed by atoms with E-state index >= 15 is 0 Å². The Morgan fingerprint density at radius 2 is 1.95 bits per heavy atom. The molecular formula is C12H13ClF3NO4S. The second-order valence-electron chi connectivity index (χ2n) is 4.49. The monoisotopic (exact) mass is 359 g/mol. The third-order valence-electron chi connectivity index (χ3n) is 2.79. The molecule has 0 aliphatic rings. The van der Waals surface area contributed by atoms with Crippen LogP contribution < -0.4 is 0 Å². The number of alkyl halides is 3. The van der Waals surface area contributed by atoms with Gasteiger partial charge in [0.15, 0.2) is 6.17 Å². The van der Waals surface area contributed by atoms with Gasteiger partial charge in [0.1, 0.15) is 6.54 Å². The second kappa shape index (κ2) is 7.30. The number of rotatable bonds is 7. The van der Waals surface area contributed by atoms with Gasteiger partial charge in [-0.15, -0.1) is 0 Å². The molecule has 0 heterocycles. The van der Waals surface area contributed by atoms with Crippen molar-refractivity contribution in [2.75, 3.05) is 13.6 Å². The van der Waals surface area contributed by atoms with Crippen LogP contribution in [-0.4, -0.2) is 43.8 Å². The molecule has 0 saturated carbocycles. The van der Waals surface area contributed by atoms with Crippen molar-refractivity contribution in [1.29, 1.82) is 0 Å². The molecule has 1 unspecified atom stereocenters. The zero-order valence-electron chi connectivity index (χ0n) is 11.3. The number of carboxylic acids is 1. The molecule has 0 aliphatic heterocycles. The lowest BCUT2D eigenvalue weighted by molar-refractivity contribution is -0.137. The summed E-state index contributed by atoms with van der Waals surface area (Å²) in [4.78, 5) is 10.5. The van der Waals surface area contributed by atoms with Gasteiger partial charge in [0.2, 0.25) is 10.0 Å². The van der Waals surface area contributed by atoms with Gasteiger partial charge < -0.3 is 5.11 Å². The van der Waals surface area contributed by atoms with Gasteiger partial charge in [0, 0.05) is 12.1 Å². The molecule has 1 N–H and O–H groups in total. The highest BCUT2D eigenvalue weighted by molar-refractivity contribution is 7.88. The second-order valence-corrected chi connectivity index (χ2v) is 6.98. The zero-order chi connectivity index (χ0) is 17.1. The molecule has 0 aliphatic carbocycles. The molecule has 10 heteroatoms. The number of hydrogen-bond donors (Lipinski definition) is 1. The Labute approximate surface area is 130 Å². The van der Waals surface area contributed by atoms with Crippen molar-refractivity contribution in [2.24, 2.45) is 0 Å². The Balaban J connectivity index is 2.97. The quantitative estimate of drug-likeness (QED) is 0.811. The van der Waals surface area contributed by atoms with E-state index in [0.717, 1.165) is 25.2 Å². The first-order valence-corrected chi connectivity index (χ1v) is 7.89. The summed E-state index contributed by atoms with van der Waals surface area (Å²) in [5.74, 6) is -1.95. The van der Waals surface area contributed by atoms with Crippen molar-refractivity contribution in [3.05, 3.63) is 34.3 Å².